The van der Waals surface area contributed by atoms with Gasteiger partial charge in [-0.1, -0.05) is 27.7 Å². The lowest BCUT2D eigenvalue weighted by atomic mass is 9.75. The highest BCUT2D eigenvalue weighted by Gasteiger charge is 2.28. The largest absolute Gasteiger partial charge is 0.303 e. The van der Waals surface area contributed by atoms with Gasteiger partial charge in [0.05, 0.1) is 0 Å². The summed E-state index contributed by atoms with van der Waals surface area (Å²) in [5.74, 6) is 2.33. The number of alkyl halides is 1. The monoisotopic (exact) mass is 231 g/mol. The Balaban J connectivity index is 2.30. The van der Waals surface area contributed by atoms with E-state index in [1.54, 1.807) is 0 Å². The quantitative estimate of drug-likeness (QED) is 0.671. The summed E-state index contributed by atoms with van der Waals surface area (Å²) >= 11 is 5.85. The first-order valence-corrected chi connectivity index (χ1v) is 6.75. The molecule has 1 unspecified atom stereocenters. The van der Waals surface area contributed by atoms with Crippen molar-refractivity contribution in [1.29, 1.82) is 0 Å². The second kappa shape index (κ2) is 5.54. The van der Waals surface area contributed by atoms with Gasteiger partial charge in [-0.05, 0) is 43.2 Å². The number of hydrogen-bond donors (Lipinski definition) is 0. The second-order valence-corrected chi connectivity index (χ2v) is 6.51. The Kier molecular flexibility index (Phi) is 4.92. The van der Waals surface area contributed by atoms with Crippen LogP contribution in [0.5, 0.6) is 0 Å². The minimum absolute atomic E-state index is 0.490. The number of hydrogen-bond acceptors (Lipinski definition) is 1. The summed E-state index contributed by atoms with van der Waals surface area (Å²) in [6.07, 6.45) is 2.72. The van der Waals surface area contributed by atoms with Crippen molar-refractivity contribution in [3.05, 3.63) is 0 Å². The third-order valence-electron chi connectivity index (χ3n) is 3.65. The Hall–Kier alpha value is 0.250. The molecule has 1 aliphatic heterocycles. The predicted molar refractivity (Wildman–Crippen MR) is 68.5 cm³/mol. The van der Waals surface area contributed by atoms with Crippen LogP contribution < -0.4 is 0 Å². The predicted octanol–water partition coefficient (Wildman–Crippen LogP) is 3.62. The van der Waals surface area contributed by atoms with Crippen LogP contribution in [0.15, 0.2) is 0 Å². The molecule has 0 bridgehead atoms. The van der Waals surface area contributed by atoms with Gasteiger partial charge in [0, 0.05) is 12.4 Å². The van der Waals surface area contributed by atoms with Crippen LogP contribution in [0, 0.1) is 17.3 Å². The van der Waals surface area contributed by atoms with Crippen LogP contribution in [0.1, 0.15) is 40.5 Å². The van der Waals surface area contributed by atoms with Crippen molar-refractivity contribution < 1.29 is 0 Å². The van der Waals surface area contributed by atoms with Crippen LogP contribution in [0.3, 0.4) is 0 Å². The lowest BCUT2D eigenvalue weighted by Crippen LogP contribution is -2.40. The van der Waals surface area contributed by atoms with E-state index in [1.807, 2.05) is 0 Å². The van der Waals surface area contributed by atoms with Gasteiger partial charge in [-0.2, -0.15) is 0 Å². The highest BCUT2D eigenvalue weighted by Crippen LogP contribution is 2.34. The number of rotatable bonds is 3. The number of halogens is 1. The topological polar surface area (TPSA) is 3.24 Å². The molecule has 1 heterocycles. The van der Waals surface area contributed by atoms with Gasteiger partial charge in [-0.3, -0.25) is 0 Å². The van der Waals surface area contributed by atoms with E-state index in [-0.39, 0.29) is 0 Å². The fourth-order valence-corrected chi connectivity index (χ4v) is 2.57. The molecule has 1 aliphatic rings. The minimum Gasteiger partial charge on any atom is -0.303 e. The van der Waals surface area contributed by atoms with E-state index in [0.717, 1.165) is 11.8 Å². The van der Waals surface area contributed by atoms with Gasteiger partial charge in [-0.25, -0.2) is 0 Å². The summed E-state index contributed by atoms with van der Waals surface area (Å²) in [6, 6.07) is 0. The molecule has 0 saturated carbocycles. The maximum Gasteiger partial charge on any atom is 0.0261 e. The fourth-order valence-electron chi connectivity index (χ4n) is 2.47. The molecule has 15 heavy (non-hydrogen) atoms. The van der Waals surface area contributed by atoms with Crippen LogP contribution in [0.4, 0.5) is 0 Å². The standard InChI is InChI=1S/C13H26ClN/c1-11(9-14)10-15-7-5-12(6-8-15)13(2,3)4/h11-12H,5-10H2,1-4H3. The molecule has 0 aromatic heterocycles. The maximum absolute atomic E-state index is 5.85. The van der Waals surface area contributed by atoms with E-state index in [1.165, 1.54) is 32.5 Å². The van der Waals surface area contributed by atoms with Crippen LogP contribution in [-0.4, -0.2) is 30.4 Å². The van der Waals surface area contributed by atoms with E-state index in [4.69, 9.17) is 11.6 Å². The molecule has 1 nitrogen and oxygen atoms in total. The van der Waals surface area contributed by atoms with Gasteiger partial charge in [0.1, 0.15) is 0 Å². The molecule has 1 rings (SSSR count). The summed E-state index contributed by atoms with van der Waals surface area (Å²) in [5.41, 5.74) is 0.490. The van der Waals surface area contributed by atoms with E-state index in [0.29, 0.717) is 11.3 Å². The Morgan fingerprint density at radius 3 is 2.20 bits per heavy atom. The zero-order valence-corrected chi connectivity index (χ0v) is 11.5. The number of nitrogens with zero attached hydrogens (tertiary/aromatic N) is 1. The minimum atomic E-state index is 0.490. The molecule has 1 fully saturated rings. The molecule has 0 amide bonds. The molecule has 0 aliphatic carbocycles. The molecule has 0 aromatic carbocycles. The average molecular weight is 232 g/mol. The Morgan fingerprint density at radius 2 is 1.80 bits per heavy atom. The van der Waals surface area contributed by atoms with Gasteiger partial charge in [0.15, 0.2) is 0 Å². The first kappa shape index (κ1) is 13.3. The van der Waals surface area contributed by atoms with Crippen molar-refractivity contribution >= 4 is 11.6 Å². The zero-order valence-electron chi connectivity index (χ0n) is 10.7. The Bertz CT molecular complexity index is 177. The SMILES string of the molecule is CC(CCl)CN1CCC(C(C)(C)C)CC1. The summed E-state index contributed by atoms with van der Waals surface area (Å²) in [5, 5.41) is 0. The van der Waals surface area contributed by atoms with Crippen molar-refractivity contribution in [2.75, 3.05) is 25.5 Å². The summed E-state index contributed by atoms with van der Waals surface area (Å²) in [4.78, 5) is 2.58. The highest BCUT2D eigenvalue weighted by molar-refractivity contribution is 6.18. The van der Waals surface area contributed by atoms with Crippen molar-refractivity contribution in [3.8, 4) is 0 Å². The molecular formula is C13H26ClN. The lowest BCUT2D eigenvalue weighted by molar-refractivity contribution is 0.105. The summed E-state index contributed by atoms with van der Waals surface area (Å²) in [6.45, 7) is 13.1. The van der Waals surface area contributed by atoms with E-state index in [9.17, 15) is 0 Å². The first-order valence-electron chi connectivity index (χ1n) is 6.21. The first-order chi connectivity index (χ1) is 6.93. The third kappa shape index (κ3) is 4.32. The highest BCUT2D eigenvalue weighted by atomic mass is 35.5. The third-order valence-corrected chi connectivity index (χ3v) is 4.17. The van der Waals surface area contributed by atoms with Gasteiger partial charge in [0.25, 0.3) is 0 Å². The number of likely N-dealkylation sites (tertiary alicyclic amines) is 1. The van der Waals surface area contributed by atoms with Crippen molar-refractivity contribution in [2.45, 2.75) is 40.5 Å². The van der Waals surface area contributed by atoms with Gasteiger partial charge in [0.2, 0.25) is 0 Å². The Labute approximate surface area is 100 Å². The lowest BCUT2D eigenvalue weighted by Gasteiger charge is -2.39. The Morgan fingerprint density at radius 1 is 1.27 bits per heavy atom. The molecule has 1 atom stereocenters. The number of piperidine rings is 1. The van der Waals surface area contributed by atoms with Crippen LogP contribution in [0.25, 0.3) is 0 Å². The van der Waals surface area contributed by atoms with E-state index >= 15 is 0 Å². The second-order valence-electron chi connectivity index (χ2n) is 6.20. The van der Waals surface area contributed by atoms with Crippen molar-refractivity contribution in [3.63, 3.8) is 0 Å². The summed E-state index contributed by atoms with van der Waals surface area (Å²) in [7, 11) is 0. The molecule has 0 radical (unpaired) electrons. The van der Waals surface area contributed by atoms with Crippen molar-refractivity contribution in [1.82, 2.24) is 4.90 Å². The molecule has 1 saturated heterocycles. The fraction of sp³-hybridized carbons (Fsp3) is 1.00. The van der Waals surface area contributed by atoms with E-state index in [2.05, 4.69) is 32.6 Å². The molecule has 90 valence electrons. The zero-order chi connectivity index (χ0) is 11.5. The smallest absolute Gasteiger partial charge is 0.0261 e. The van der Waals surface area contributed by atoms with Crippen LogP contribution in [-0.2, 0) is 0 Å². The van der Waals surface area contributed by atoms with Crippen molar-refractivity contribution in [2.24, 2.45) is 17.3 Å². The maximum atomic E-state index is 5.85. The average Bonchev–Trinajstić information content (AvgIpc) is 2.17. The molecular weight excluding hydrogens is 206 g/mol. The molecule has 0 N–H and O–H groups in total. The summed E-state index contributed by atoms with van der Waals surface area (Å²) < 4.78 is 0. The van der Waals surface area contributed by atoms with Crippen LogP contribution >= 0.6 is 11.6 Å². The normalized spacial score (nSPS) is 23.0. The van der Waals surface area contributed by atoms with Gasteiger partial charge >= 0.3 is 0 Å². The van der Waals surface area contributed by atoms with Gasteiger partial charge < -0.3 is 4.90 Å². The van der Waals surface area contributed by atoms with Gasteiger partial charge in [-0.15, -0.1) is 11.6 Å². The molecule has 0 spiro atoms. The molecule has 0 aromatic rings. The van der Waals surface area contributed by atoms with E-state index < -0.39 is 0 Å². The molecule has 2 heteroatoms. The van der Waals surface area contributed by atoms with Crippen LogP contribution in [0.2, 0.25) is 0 Å².